The van der Waals surface area contributed by atoms with Crippen LogP contribution in [0.4, 0.5) is 0 Å². The number of carbonyl (C=O) groups is 1. The van der Waals surface area contributed by atoms with Crippen LogP contribution in [0.15, 0.2) is 30.3 Å². The molecule has 0 aliphatic carbocycles. The van der Waals surface area contributed by atoms with Gasteiger partial charge in [0.25, 0.3) is 0 Å². The number of piperidine rings is 1. The molecule has 0 spiro atoms. The number of nitrogens with two attached hydrogens (primary N) is 1. The molecule has 0 bridgehead atoms. The van der Waals surface area contributed by atoms with Gasteiger partial charge >= 0.3 is 0 Å². The smallest absolute Gasteiger partial charge is 0.243 e. The first kappa shape index (κ1) is 15.9. The number of benzene rings is 1. The molecule has 0 radical (unpaired) electrons. The summed E-state index contributed by atoms with van der Waals surface area (Å²) in [6.45, 7) is 2.42. The summed E-state index contributed by atoms with van der Waals surface area (Å²) in [5, 5.41) is 3.16. The molecule has 1 aliphatic rings. The minimum absolute atomic E-state index is 0.329. The van der Waals surface area contributed by atoms with Crippen LogP contribution in [0, 0.1) is 0 Å². The molecule has 5 nitrogen and oxygen atoms in total. The lowest BCUT2D eigenvalue weighted by Crippen LogP contribution is -2.58. The van der Waals surface area contributed by atoms with Crippen LogP contribution in [0.1, 0.15) is 18.4 Å². The van der Waals surface area contributed by atoms with Crippen LogP contribution in [0.25, 0.3) is 0 Å². The number of likely N-dealkylation sites (tertiary alicyclic amines) is 1. The monoisotopic (exact) mass is 291 g/mol. The quantitative estimate of drug-likeness (QED) is 0.809. The van der Waals surface area contributed by atoms with Gasteiger partial charge in [-0.25, -0.2) is 0 Å². The molecule has 1 saturated heterocycles. The van der Waals surface area contributed by atoms with Crippen molar-refractivity contribution in [1.29, 1.82) is 0 Å². The molecule has 0 saturated carbocycles. The van der Waals surface area contributed by atoms with Crippen molar-refractivity contribution < 1.29 is 9.53 Å². The fourth-order valence-corrected chi connectivity index (χ4v) is 3.02. The minimum atomic E-state index is -0.846. The van der Waals surface area contributed by atoms with Gasteiger partial charge < -0.3 is 20.7 Å². The molecule has 21 heavy (non-hydrogen) atoms. The molecule has 1 unspecified atom stereocenters. The van der Waals surface area contributed by atoms with Crippen molar-refractivity contribution in [2.24, 2.45) is 5.73 Å². The SMILES string of the molecule is CNC(CN1CCC(OC)CC1)(C(N)=O)c1ccccc1. The number of amides is 1. The Morgan fingerprint density at radius 3 is 2.48 bits per heavy atom. The highest BCUT2D eigenvalue weighted by Gasteiger charge is 2.39. The van der Waals surface area contributed by atoms with Crippen molar-refractivity contribution in [3.8, 4) is 0 Å². The predicted molar refractivity (Wildman–Crippen MR) is 82.8 cm³/mol. The Balaban J connectivity index is 2.16. The fraction of sp³-hybridized carbons (Fsp3) is 0.562. The second-order valence-electron chi connectivity index (χ2n) is 5.60. The Bertz CT molecular complexity index is 458. The van der Waals surface area contributed by atoms with E-state index in [0.717, 1.165) is 31.5 Å². The van der Waals surface area contributed by atoms with E-state index in [9.17, 15) is 4.79 Å². The number of carbonyl (C=O) groups excluding carboxylic acids is 1. The van der Waals surface area contributed by atoms with Crippen molar-refractivity contribution >= 4 is 5.91 Å². The Kier molecular flexibility index (Phi) is 5.33. The van der Waals surface area contributed by atoms with E-state index in [4.69, 9.17) is 10.5 Å². The van der Waals surface area contributed by atoms with Gasteiger partial charge in [0.05, 0.1) is 6.10 Å². The van der Waals surface area contributed by atoms with E-state index in [1.165, 1.54) is 0 Å². The first-order chi connectivity index (χ1) is 10.1. The molecule has 1 amide bonds. The summed E-state index contributed by atoms with van der Waals surface area (Å²) < 4.78 is 5.39. The van der Waals surface area contributed by atoms with Gasteiger partial charge in [0.2, 0.25) is 5.91 Å². The summed E-state index contributed by atoms with van der Waals surface area (Å²) >= 11 is 0. The number of methoxy groups -OCH3 is 1. The Morgan fingerprint density at radius 1 is 1.38 bits per heavy atom. The molecule has 5 heteroatoms. The molecular formula is C16H25N3O2. The molecule has 0 aromatic heterocycles. The number of primary amides is 1. The van der Waals surface area contributed by atoms with Gasteiger partial charge in [-0.05, 0) is 25.5 Å². The second-order valence-corrected chi connectivity index (χ2v) is 5.60. The van der Waals surface area contributed by atoms with Gasteiger partial charge in [-0.3, -0.25) is 4.79 Å². The first-order valence-electron chi connectivity index (χ1n) is 7.42. The largest absolute Gasteiger partial charge is 0.381 e. The number of likely N-dealkylation sites (N-methyl/N-ethyl adjacent to an activating group) is 1. The lowest BCUT2D eigenvalue weighted by molar-refractivity contribution is -0.125. The summed E-state index contributed by atoms with van der Waals surface area (Å²) in [6, 6.07) is 9.70. The van der Waals surface area contributed by atoms with Crippen LogP contribution in [-0.2, 0) is 15.1 Å². The Morgan fingerprint density at radius 2 is 2.00 bits per heavy atom. The number of ether oxygens (including phenoxy) is 1. The van der Waals surface area contributed by atoms with E-state index in [1.807, 2.05) is 30.3 Å². The highest BCUT2D eigenvalue weighted by atomic mass is 16.5. The standard InChI is InChI=1S/C16H25N3O2/c1-18-16(15(17)20,13-6-4-3-5-7-13)12-19-10-8-14(21-2)9-11-19/h3-7,14,18H,8-12H2,1-2H3,(H2,17,20). The summed E-state index contributed by atoms with van der Waals surface area (Å²) in [5.74, 6) is -0.343. The number of hydrogen-bond donors (Lipinski definition) is 2. The van der Waals surface area contributed by atoms with Gasteiger partial charge in [-0.15, -0.1) is 0 Å². The summed E-state index contributed by atoms with van der Waals surface area (Å²) in [7, 11) is 3.55. The lowest BCUT2D eigenvalue weighted by Gasteiger charge is -2.39. The van der Waals surface area contributed by atoms with Gasteiger partial charge in [0, 0.05) is 26.7 Å². The topological polar surface area (TPSA) is 67.6 Å². The third-order valence-corrected chi connectivity index (χ3v) is 4.44. The Hall–Kier alpha value is -1.43. The molecule has 1 fully saturated rings. The van der Waals surface area contributed by atoms with Crippen LogP contribution in [0.3, 0.4) is 0 Å². The summed E-state index contributed by atoms with van der Waals surface area (Å²) in [6.07, 6.45) is 2.31. The van der Waals surface area contributed by atoms with Crippen molar-refractivity contribution in [1.82, 2.24) is 10.2 Å². The molecule has 1 aromatic rings. The van der Waals surface area contributed by atoms with Gasteiger partial charge in [0.1, 0.15) is 5.54 Å². The van der Waals surface area contributed by atoms with Crippen molar-refractivity contribution in [3.05, 3.63) is 35.9 Å². The van der Waals surface area contributed by atoms with E-state index in [2.05, 4.69) is 10.2 Å². The number of nitrogens with one attached hydrogen (secondary N) is 1. The van der Waals surface area contributed by atoms with Crippen LogP contribution in [-0.4, -0.2) is 50.7 Å². The Labute approximate surface area is 126 Å². The molecule has 2 rings (SSSR count). The molecule has 3 N–H and O–H groups in total. The molecule has 1 aliphatic heterocycles. The number of nitrogens with zero attached hydrogens (tertiary/aromatic N) is 1. The van der Waals surface area contributed by atoms with E-state index >= 15 is 0 Å². The second kappa shape index (κ2) is 7.02. The highest BCUT2D eigenvalue weighted by molar-refractivity contribution is 5.86. The molecule has 1 heterocycles. The lowest BCUT2D eigenvalue weighted by atomic mass is 9.87. The maximum atomic E-state index is 12.2. The van der Waals surface area contributed by atoms with Crippen molar-refractivity contribution in [3.63, 3.8) is 0 Å². The first-order valence-corrected chi connectivity index (χ1v) is 7.42. The zero-order chi connectivity index (χ0) is 15.3. The van der Waals surface area contributed by atoms with E-state index in [-0.39, 0.29) is 5.91 Å². The zero-order valence-corrected chi connectivity index (χ0v) is 12.8. The van der Waals surface area contributed by atoms with Crippen molar-refractivity contribution in [2.75, 3.05) is 33.8 Å². The van der Waals surface area contributed by atoms with Crippen LogP contribution >= 0.6 is 0 Å². The average molecular weight is 291 g/mol. The minimum Gasteiger partial charge on any atom is -0.381 e. The summed E-state index contributed by atoms with van der Waals surface area (Å²) in [5.41, 5.74) is 5.80. The van der Waals surface area contributed by atoms with Crippen molar-refractivity contribution in [2.45, 2.75) is 24.5 Å². The van der Waals surface area contributed by atoms with Crippen LogP contribution in [0.5, 0.6) is 0 Å². The zero-order valence-electron chi connectivity index (χ0n) is 12.8. The third-order valence-electron chi connectivity index (χ3n) is 4.44. The van der Waals surface area contributed by atoms with E-state index in [0.29, 0.717) is 12.6 Å². The predicted octanol–water partition coefficient (Wildman–Crippen LogP) is 0.697. The summed E-state index contributed by atoms with van der Waals surface area (Å²) in [4.78, 5) is 14.4. The third kappa shape index (κ3) is 3.43. The number of rotatable bonds is 6. The van der Waals surface area contributed by atoms with Gasteiger partial charge in [-0.2, -0.15) is 0 Å². The average Bonchev–Trinajstić information content (AvgIpc) is 2.54. The van der Waals surface area contributed by atoms with E-state index < -0.39 is 5.54 Å². The van der Waals surface area contributed by atoms with Crippen LogP contribution in [0.2, 0.25) is 0 Å². The molecule has 116 valence electrons. The maximum Gasteiger partial charge on any atom is 0.243 e. The number of hydrogen-bond acceptors (Lipinski definition) is 4. The fourth-order valence-electron chi connectivity index (χ4n) is 3.02. The highest BCUT2D eigenvalue weighted by Crippen LogP contribution is 2.24. The molecule has 1 aromatic carbocycles. The van der Waals surface area contributed by atoms with Gasteiger partial charge in [-0.1, -0.05) is 30.3 Å². The normalized spacial score (nSPS) is 20.1. The van der Waals surface area contributed by atoms with Crippen LogP contribution < -0.4 is 11.1 Å². The van der Waals surface area contributed by atoms with Gasteiger partial charge in [0.15, 0.2) is 0 Å². The maximum absolute atomic E-state index is 12.2. The van der Waals surface area contributed by atoms with E-state index in [1.54, 1.807) is 14.2 Å². The molecular weight excluding hydrogens is 266 g/mol. The molecule has 1 atom stereocenters.